The minimum absolute atomic E-state index is 0.0117. The molecule has 1 saturated heterocycles. The van der Waals surface area contributed by atoms with Gasteiger partial charge in [0, 0.05) is 43.5 Å². The number of aryl methyl sites for hydroxylation is 1. The van der Waals surface area contributed by atoms with Crippen molar-refractivity contribution >= 4 is 16.7 Å². The van der Waals surface area contributed by atoms with Crippen molar-refractivity contribution in [1.29, 1.82) is 0 Å². The van der Waals surface area contributed by atoms with Crippen molar-refractivity contribution in [3.8, 4) is 11.3 Å². The molecule has 30 heavy (non-hydrogen) atoms. The van der Waals surface area contributed by atoms with Gasteiger partial charge in [0.15, 0.2) is 0 Å². The summed E-state index contributed by atoms with van der Waals surface area (Å²) in [5.41, 5.74) is 3.44. The van der Waals surface area contributed by atoms with Gasteiger partial charge in [-0.15, -0.1) is 0 Å². The molecule has 0 saturated carbocycles. The summed E-state index contributed by atoms with van der Waals surface area (Å²) >= 11 is 0. The van der Waals surface area contributed by atoms with E-state index in [4.69, 9.17) is 9.72 Å². The monoisotopic (exact) mass is 401 g/mol. The van der Waals surface area contributed by atoms with Gasteiger partial charge in [0.1, 0.15) is 11.3 Å². The third-order valence-corrected chi connectivity index (χ3v) is 5.53. The van der Waals surface area contributed by atoms with Gasteiger partial charge in [-0.2, -0.15) is 0 Å². The van der Waals surface area contributed by atoms with Gasteiger partial charge in [-0.1, -0.05) is 30.3 Å². The summed E-state index contributed by atoms with van der Waals surface area (Å²) in [6.07, 6.45) is 7.37. The number of rotatable bonds is 4. The Balaban J connectivity index is 1.55. The van der Waals surface area contributed by atoms with Crippen LogP contribution in [0.25, 0.3) is 22.2 Å². The van der Waals surface area contributed by atoms with E-state index >= 15 is 0 Å². The molecule has 0 N–H and O–H groups in total. The number of hydrogen-bond acceptors (Lipinski definition) is 5. The number of pyridine rings is 1. The van der Waals surface area contributed by atoms with Gasteiger partial charge in [0.25, 0.3) is 5.56 Å². The van der Waals surface area contributed by atoms with Crippen LogP contribution < -0.4 is 10.5 Å². The number of nitrogens with zero attached hydrogens (tertiary/aromatic N) is 5. The first-order chi connectivity index (χ1) is 14.7. The summed E-state index contributed by atoms with van der Waals surface area (Å²) in [5, 5.41) is 0.889. The Kier molecular flexibility index (Phi) is 4.80. The van der Waals surface area contributed by atoms with E-state index in [9.17, 15) is 4.79 Å². The molecule has 0 amide bonds. The molecule has 0 unspecified atom stereocenters. The number of fused-ring (bicyclic) bond motifs is 1. The van der Waals surface area contributed by atoms with Crippen molar-refractivity contribution in [2.75, 3.05) is 31.2 Å². The Bertz CT molecular complexity index is 1240. The lowest BCUT2D eigenvalue weighted by Gasteiger charge is -2.27. The smallest absolute Gasteiger partial charge is 0.275 e. The molecule has 7 heteroatoms. The predicted octanol–water partition coefficient (Wildman–Crippen LogP) is 2.68. The summed E-state index contributed by atoms with van der Waals surface area (Å²) in [6, 6.07) is 12.0. The SMILES string of the molecule is Cn1cc(-c2cncc(N3CCOCC3)n2)c2ccn(Cc3ccccc3)c(=O)c21. The molecule has 0 aliphatic carbocycles. The summed E-state index contributed by atoms with van der Waals surface area (Å²) in [6.45, 7) is 3.54. The molecular formula is C23H23N5O2. The van der Waals surface area contributed by atoms with Crippen molar-refractivity contribution in [2.24, 2.45) is 7.05 Å². The van der Waals surface area contributed by atoms with E-state index < -0.39 is 0 Å². The van der Waals surface area contributed by atoms with Gasteiger partial charge >= 0.3 is 0 Å². The van der Waals surface area contributed by atoms with Crippen LogP contribution in [0.1, 0.15) is 5.56 Å². The van der Waals surface area contributed by atoms with E-state index in [1.165, 1.54) is 0 Å². The maximum atomic E-state index is 13.2. The Morgan fingerprint density at radius 1 is 1.07 bits per heavy atom. The molecule has 1 fully saturated rings. The average molecular weight is 401 g/mol. The zero-order valence-corrected chi connectivity index (χ0v) is 16.9. The molecule has 0 bridgehead atoms. The van der Waals surface area contributed by atoms with E-state index in [0.29, 0.717) is 25.3 Å². The van der Waals surface area contributed by atoms with Crippen molar-refractivity contribution in [2.45, 2.75) is 6.54 Å². The van der Waals surface area contributed by atoms with E-state index in [2.05, 4.69) is 9.88 Å². The van der Waals surface area contributed by atoms with E-state index in [-0.39, 0.29) is 5.56 Å². The van der Waals surface area contributed by atoms with Gasteiger partial charge in [-0.05, 0) is 11.6 Å². The van der Waals surface area contributed by atoms with Gasteiger partial charge in [0.2, 0.25) is 0 Å². The average Bonchev–Trinajstić information content (AvgIpc) is 3.14. The van der Waals surface area contributed by atoms with Crippen molar-refractivity contribution in [3.63, 3.8) is 0 Å². The number of morpholine rings is 1. The minimum Gasteiger partial charge on any atom is -0.378 e. The van der Waals surface area contributed by atoms with Gasteiger partial charge in [-0.3, -0.25) is 9.78 Å². The standard InChI is InChI=1S/C23H23N5O2/c1-26-16-19(20-13-24-14-21(25-20)27-9-11-30-12-10-27)18-7-8-28(23(29)22(18)26)15-17-5-3-2-4-6-17/h2-8,13-14,16H,9-12,15H2,1H3. The van der Waals surface area contributed by atoms with Crippen LogP contribution in [0.5, 0.6) is 0 Å². The van der Waals surface area contributed by atoms with E-state index in [1.807, 2.05) is 60.4 Å². The largest absolute Gasteiger partial charge is 0.378 e. The van der Waals surface area contributed by atoms with Crippen molar-refractivity contribution < 1.29 is 4.74 Å². The van der Waals surface area contributed by atoms with Crippen LogP contribution in [0.4, 0.5) is 5.82 Å². The lowest BCUT2D eigenvalue weighted by atomic mass is 10.1. The second kappa shape index (κ2) is 7.76. The number of hydrogen-bond donors (Lipinski definition) is 0. The van der Waals surface area contributed by atoms with Crippen LogP contribution in [0, 0.1) is 0 Å². The lowest BCUT2D eigenvalue weighted by Crippen LogP contribution is -2.36. The lowest BCUT2D eigenvalue weighted by molar-refractivity contribution is 0.122. The molecule has 1 aromatic carbocycles. The molecule has 5 rings (SSSR count). The second-order valence-electron chi connectivity index (χ2n) is 7.51. The fourth-order valence-electron chi connectivity index (χ4n) is 3.99. The number of benzene rings is 1. The molecule has 3 aromatic heterocycles. The summed E-state index contributed by atoms with van der Waals surface area (Å²) < 4.78 is 9.07. The highest BCUT2D eigenvalue weighted by Crippen LogP contribution is 2.28. The third-order valence-electron chi connectivity index (χ3n) is 5.53. The van der Waals surface area contributed by atoms with E-state index in [0.717, 1.165) is 41.1 Å². The molecule has 4 heterocycles. The minimum atomic E-state index is -0.0117. The molecule has 1 aliphatic rings. The molecule has 0 spiro atoms. The normalized spacial score (nSPS) is 14.4. The number of ether oxygens (including phenoxy) is 1. The predicted molar refractivity (Wildman–Crippen MR) is 117 cm³/mol. The highest BCUT2D eigenvalue weighted by Gasteiger charge is 2.17. The van der Waals surface area contributed by atoms with Gasteiger partial charge in [0.05, 0.1) is 37.8 Å². The fourth-order valence-corrected chi connectivity index (χ4v) is 3.99. The van der Waals surface area contributed by atoms with Crippen LogP contribution >= 0.6 is 0 Å². The third kappa shape index (κ3) is 3.37. The van der Waals surface area contributed by atoms with Crippen molar-refractivity contribution in [1.82, 2.24) is 19.1 Å². The second-order valence-corrected chi connectivity index (χ2v) is 7.51. The van der Waals surface area contributed by atoms with Crippen LogP contribution in [0.15, 0.2) is 66.0 Å². The van der Waals surface area contributed by atoms with Crippen LogP contribution in [-0.2, 0) is 18.3 Å². The van der Waals surface area contributed by atoms with E-state index in [1.54, 1.807) is 17.0 Å². The fraction of sp³-hybridized carbons (Fsp3) is 0.261. The molecule has 0 radical (unpaired) electrons. The van der Waals surface area contributed by atoms with Crippen LogP contribution in [0.3, 0.4) is 0 Å². The zero-order chi connectivity index (χ0) is 20.5. The molecule has 1 aliphatic heterocycles. The van der Waals surface area contributed by atoms with Gasteiger partial charge in [-0.25, -0.2) is 4.98 Å². The quantitative estimate of drug-likeness (QED) is 0.526. The zero-order valence-electron chi connectivity index (χ0n) is 16.9. The maximum absolute atomic E-state index is 13.2. The Labute approximate surface area is 174 Å². The molecule has 7 nitrogen and oxygen atoms in total. The van der Waals surface area contributed by atoms with Crippen LogP contribution in [-0.4, -0.2) is 45.4 Å². The Hall–Kier alpha value is -3.45. The first-order valence-corrected chi connectivity index (χ1v) is 10.1. The molecule has 4 aromatic rings. The topological polar surface area (TPSA) is 65.2 Å². The maximum Gasteiger partial charge on any atom is 0.275 e. The first-order valence-electron chi connectivity index (χ1n) is 10.1. The molecule has 0 atom stereocenters. The van der Waals surface area contributed by atoms with Crippen molar-refractivity contribution in [3.05, 3.63) is 77.1 Å². The van der Waals surface area contributed by atoms with Gasteiger partial charge < -0.3 is 18.8 Å². The molecular weight excluding hydrogens is 378 g/mol. The summed E-state index contributed by atoms with van der Waals surface area (Å²) in [7, 11) is 1.90. The Morgan fingerprint density at radius 2 is 1.87 bits per heavy atom. The number of aromatic nitrogens is 4. The summed E-state index contributed by atoms with van der Waals surface area (Å²) in [5.74, 6) is 0.838. The molecule has 152 valence electrons. The number of anilines is 1. The first kappa shape index (κ1) is 18.6. The highest BCUT2D eigenvalue weighted by molar-refractivity contribution is 5.94. The summed E-state index contributed by atoms with van der Waals surface area (Å²) in [4.78, 5) is 24.6. The van der Waals surface area contributed by atoms with Crippen LogP contribution in [0.2, 0.25) is 0 Å². The Morgan fingerprint density at radius 3 is 2.67 bits per heavy atom. The highest BCUT2D eigenvalue weighted by atomic mass is 16.5.